The maximum absolute atomic E-state index is 14.1. The number of hydrogen-bond acceptors (Lipinski definition) is 4. The zero-order valence-corrected chi connectivity index (χ0v) is 15.9. The number of fused-ring (bicyclic) bond motifs is 1. The second-order valence-electron chi connectivity index (χ2n) is 7.67. The first-order valence-corrected chi connectivity index (χ1v) is 9.49. The van der Waals surface area contributed by atoms with Crippen molar-refractivity contribution in [1.82, 2.24) is 4.98 Å². The number of amides is 2. The van der Waals surface area contributed by atoms with E-state index in [9.17, 15) is 14.0 Å². The zero-order chi connectivity index (χ0) is 20.0. The third-order valence-electron chi connectivity index (χ3n) is 5.76. The van der Waals surface area contributed by atoms with Crippen LogP contribution in [-0.4, -0.2) is 22.8 Å². The van der Waals surface area contributed by atoms with E-state index in [4.69, 9.17) is 5.73 Å². The molecule has 0 saturated heterocycles. The summed E-state index contributed by atoms with van der Waals surface area (Å²) in [6.45, 7) is 3.60. The molecule has 0 radical (unpaired) electrons. The number of benzene rings is 1. The van der Waals surface area contributed by atoms with Crippen molar-refractivity contribution in [2.75, 3.05) is 10.2 Å². The molecule has 1 aromatic heterocycles. The molecule has 7 heteroatoms. The van der Waals surface area contributed by atoms with Gasteiger partial charge in [0.2, 0.25) is 5.91 Å². The number of pyridine rings is 1. The average molecular weight is 382 g/mol. The molecule has 2 heterocycles. The van der Waals surface area contributed by atoms with Gasteiger partial charge in [-0.3, -0.25) is 9.59 Å². The molecule has 2 aliphatic rings. The normalized spacial score (nSPS) is 23.8. The molecule has 0 unspecified atom stereocenters. The monoisotopic (exact) mass is 382 g/mol. The van der Waals surface area contributed by atoms with Crippen molar-refractivity contribution in [2.24, 2.45) is 17.6 Å². The van der Waals surface area contributed by atoms with E-state index in [1.54, 1.807) is 31.3 Å². The van der Waals surface area contributed by atoms with E-state index in [0.717, 1.165) is 12.8 Å². The Balaban J connectivity index is 1.82. The number of nitrogens with two attached hydrogens (primary N) is 1. The van der Waals surface area contributed by atoms with Crippen molar-refractivity contribution < 1.29 is 14.0 Å². The minimum absolute atomic E-state index is 0.00608. The van der Waals surface area contributed by atoms with E-state index in [2.05, 4.69) is 17.2 Å². The lowest BCUT2D eigenvalue weighted by atomic mass is 9.80. The van der Waals surface area contributed by atoms with Crippen LogP contribution in [0.25, 0.3) is 0 Å². The Morgan fingerprint density at radius 1 is 1.29 bits per heavy atom. The lowest BCUT2D eigenvalue weighted by Crippen LogP contribution is -2.51. The smallest absolute Gasteiger partial charge is 0.252 e. The number of nitrogens with zero attached hydrogens (tertiary/aromatic N) is 2. The summed E-state index contributed by atoms with van der Waals surface area (Å²) in [6.07, 6.45) is 3.71. The van der Waals surface area contributed by atoms with Gasteiger partial charge in [0.1, 0.15) is 11.6 Å². The Labute approximate surface area is 162 Å². The van der Waals surface area contributed by atoms with Gasteiger partial charge in [0.05, 0.1) is 11.6 Å². The number of carbonyl (C=O) groups excluding carboxylic acids is 2. The summed E-state index contributed by atoms with van der Waals surface area (Å²) < 4.78 is 14.1. The van der Waals surface area contributed by atoms with Crippen LogP contribution in [0.3, 0.4) is 0 Å². The molecule has 6 nitrogen and oxygen atoms in total. The van der Waals surface area contributed by atoms with Crippen LogP contribution in [0, 0.1) is 17.7 Å². The molecule has 2 aromatic rings. The maximum atomic E-state index is 14.1. The second kappa shape index (κ2) is 6.89. The fourth-order valence-electron chi connectivity index (χ4n) is 4.40. The van der Waals surface area contributed by atoms with E-state index in [-0.39, 0.29) is 35.3 Å². The van der Waals surface area contributed by atoms with Gasteiger partial charge in [-0.1, -0.05) is 6.92 Å². The highest BCUT2D eigenvalue weighted by molar-refractivity contribution is 5.98. The number of nitrogens with one attached hydrogen (secondary N) is 1. The Kier molecular flexibility index (Phi) is 4.53. The van der Waals surface area contributed by atoms with Crippen LogP contribution in [0.4, 0.5) is 15.9 Å². The van der Waals surface area contributed by atoms with Crippen LogP contribution in [0.15, 0.2) is 36.5 Å². The number of aromatic nitrogens is 1. The molecule has 146 valence electrons. The SMILES string of the molecule is CC(=O)N1c2ccc(F)cc2[C@H](Nc2ncccc2C(N)=O)[C@H](C)[C@@H]1C1CC1. The highest BCUT2D eigenvalue weighted by atomic mass is 19.1. The van der Waals surface area contributed by atoms with Gasteiger partial charge in [-0.05, 0) is 49.1 Å². The number of rotatable bonds is 4. The molecule has 2 amide bonds. The number of hydrogen-bond donors (Lipinski definition) is 2. The molecule has 3 atom stereocenters. The van der Waals surface area contributed by atoms with E-state index >= 15 is 0 Å². The van der Waals surface area contributed by atoms with E-state index < -0.39 is 5.91 Å². The predicted octanol–water partition coefficient (Wildman–Crippen LogP) is 3.25. The first-order chi connectivity index (χ1) is 13.4. The highest BCUT2D eigenvalue weighted by Crippen LogP contribution is 2.50. The number of primary amides is 1. The third kappa shape index (κ3) is 3.10. The van der Waals surface area contributed by atoms with Gasteiger partial charge in [0.15, 0.2) is 0 Å². The van der Waals surface area contributed by atoms with Crippen molar-refractivity contribution in [1.29, 1.82) is 0 Å². The van der Waals surface area contributed by atoms with E-state index in [0.29, 0.717) is 23.0 Å². The number of halogens is 1. The fraction of sp³-hybridized carbons (Fsp3) is 0.381. The summed E-state index contributed by atoms with van der Waals surface area (Å²) in [6, 6.07) is 7.45. The molecule has 1 saturated carbocycles. The van der Waals surface area contributed by atoms with E-state index in [1.165, 1.54) is 12.1 Å². The largest absolute Gasteiger partial charge is 0.365 e. The molecule has 3 N–H and O–H groups in total. The lowest BCUT2D eigenvalue weighted by molar-refractivity contribution is -0.117. The van der Waals surface area contributed by atoms with Gasteiger partial charge < -0.3 is 16.0 Å². The Bertz CT molecular complexity index is 944. The van der Waals surface area contributed by atoms with Crippen LogP contribution in [-0.2, 0) is 4.79 Å². The van der Waals surface area contributed by atoms with Crippen molar-refractivity contribution in [3.63, 3.8) is 0 Å². The molecule has 1 aliphatic carbocycles. The van der Waals surface area contributed by atoms with Gasteiger partial charge in [0, 0.05) is 36.3 Å². The maximum Gasteiger partial charge on any atom is 0.252 e. The summed E-state index contributed by atoms with van der Waals surface area (Å²) in [5.41, 5.74) is 7.16. The van der Waals surface area contributed by atoms with Gasteiger partial charge in [-0.25, -0.2) is 9.37 Å². The summed E-state index contributed by atoms with van der Waals surface area (Å²) in [5.74, 6) is -0.224. The lowest BCUT2D eigenvalue weighted by Gasteiger charge is -2.45. The van der Waals surface area contributed by atoms with Gasteiger partial charge in [-0.2, -0.15) is 0 Å². The molecule has 4 rings (SSSR count). The van der Waals surface area contributed by atoms with Crippen molar-refractivity contribution >= 4 is 23.3 Å². The van der Waals surface area contributed by atoms with Crippen LogP contribution in [0.5, 0.6) is 0 Å². The number of carbonyl (C=O) groups is 2. The topological polar surface area (TPSA) is 88.3 Å². The molecule has 28 heavy (non-hydrogen) atoms. The second-order valence-corrected chi connectivity index (χ2v) is 7.67. The van der Waals surface area contributed by atoms with Gasteiger partial charge >= 0.3 is 0 Å². The average Bonchev–Trinajstić information content (AvgIpc) is 3.48. The van der Waals surface area contributed by atoms with Gasteiger partial charge in [0.25, 0.3) is 5.91 Å². The Hall–Kier alpha value is -2.96. The molecular formula is C21H23FN4O2. The molecule has 0 bridgehead atoms. The minimum Gasteiger partial charge on any atom is -0.365 e. The zero-order valence-electron chi connectivity index (χ0n) is 15.9. The number of anilines is 2. The molecule has 1 fully saturated rings. The summed E-state index contributed by atoms with van der Waals surface area (Å²) in [5, 5.41) is 3.32. The molecular weight excluding hydrogens is 359 g/mol. The summed E-state index contributed by atoms with van der Waals surface area (Å²) in [7, 11) is 0. The van der Waals surface area contributed by atoms with Crippen molar-refractivity contribution in [2.45, 2.75) is 38.8 Å². The fourth-order valence-corrected chi connectivity index (χ4v) is 4.40. The first-order valence-electron chi connectivity index (χ1n) is 9.49. The summed E-state index contributed by atoms with van der Waals surface area (Å²) >= 11 is 0. The standard InChI is InChI=1S/C21H23FN4O2/c1-11-18(25-21-15(20(23)28)4-3-9-24-21)16-10-14(22)7-8-17(16)26(12(2)27)19(11)13-5-6-13/h3-4,7-11,13,18-19H,5-6H2,1-2H3,(H2,23,28)(H,24,25)/t11-,18+,19+/m0/s1. The van der Waals surface area contributed by atoms with Crippen LogP contribution in [0.1, 0.15) is 48.7 Å². The van der Waals surface area contributed by atoms with Crippen LogP contribution < -0.4 is 16.0 Å². The Morgan fingerprint density at radius 2 is 2.04 bits per heavy atom. The van der Waals surface area contributed by atoms with Gasteiger partial charge in [-0.15, -0.1) is 0 Å². The molecule has 1 aromatic carbocycles. The Morgan fingerprint density at radius 3 is 2.68 bits per heavy atom. The predicted molar refractivity (Wildman–Crippen MR) is 104 cm³/mol. The minimum atomic E-state index is -0.581. The molecule has 1 aliphatic heterocycles. The first kappa shape index (κ1) is 18.4. The van der Waals surface area contributed by atoms with Crippen molar-refractivity contribution in [3.8, 4) is 0 Å². The highest BCUT2D eigenvalue weighted by Gasteiger charge is 2.47. The molecule has 0 spiro atoms. The van der Waals surface area contributed by atoms with Crippen LogP contribution in [0.2, 0.25) is 0 Å². The summed E-state index contributed by atoms with van der Waals surface area (Å²) in [4.78, 5) is 30.4. The van der Waals surface area contributed by atoms with Crippen molar-refractivity contribution in [3.05, 3.63) is 53.5 Å². The quantitative estimate of drug-likeness (QED) is 0.850. The van der Waals surface area contributed by atoms with E-state index in [1.807, 2.05) is 4.90 Å². The van der Waals surface area contributed by atoms with Crippen LogP contribution >= 0.6 is 0 Å². The third-order valence-corrected chi connectivity index (χ3v) is 5.76.